The van der Waals surface area contributed by atoms with E-state index in [-0.39, 0.29) is 5.56 Å². The van der Waals surface area contributed by atoms with Crippen molar-refractivity contribution in [2.75, 3.05) is 0 Å². The number of aromatic amines is 1. The lowest BCUT2D eigenvalue weighted by atomic mass is 9.80. The highest BCUT2D eigenvalue weighted by molar-refractivity contribution is 5.07. The largest absolute Gasteiger partial charge is 0.310 e. The molecule has 2 N–H and O–H groups in total. The molecular weight excluding hydrogens is 262 g/mol. The molecule has 1 saturated carbocycles. The Balaban J connectivity index is 2.01. The summed E-state index contributed by atoms with van der Waals surface area (Å²) in [4.78, 5) is 19.5. The molecule has 2 rings (SSSR count). The maximum Gasteiger partial charge on any atom is 0.251 e. The molecule has 0 spiro atoms. The highest BCUT2D eigenvalue weighted by Gasteiger charge is 2.23. The van der Waals surface area contributed by atoms with Gasteiger partial charge < -0.3 is 10.3 Å². The van der Waals surface area contributed by atoms with E-state index in [0.29, 0.717) is 18.5 Å². The van der Waals surface area contributed by atoms with Crippen LogP contribution in [0, 0.1) is 5.92 Å². The molecule has 4 nitrogen and oxygen atoms in total. The van der Waals surface area contributed by atoms with Crippen molar-refractivity contribution in [3.8, 4) is 0 Å². The van der Waals surface area contributed by atoms with Gasteiger partial charge in [0.25, 0.3) is 5.56 Å². The van der Waals surface area contributed by atoms with Crippen molar-refractivity contribution < 1.29 is 0 Å². The summed E-state index contributed by atoms with van der Waals surface area (Å²) >= 11 is 0. The summed E-state index contributed by atoms with van der Waals surface area (Å²) in [6.07, 6.45) is 7.49. The Kier molecular flexibility index (Phi) is 5.97. The highest BCUT2D eigenvalue weighted by Crippen LogP contribution is 2.35. The molecule has 1 aliphatic carbocycles. The van der Waals surface area contributed by atoms with Crippen LogP contribution in [0.1, 0.15) is 76.7 Å². The van der Waals surface area contributed by atoms with Crippen molar-refractivity contribution in [3.05, 3.63) is 27.9 Å². The average molecular weight is 291 g/mol. The maximum absolute atomic E-state index is 11.8. The van der Waals surface area contributed by atoms with Crippen LogP contribution < -0.4 is 10.9 Å². The fourth-order valence-electron chi connectivity index (χ4n) is 3.25. The first kappa shape index (κ1) is 16.2. The molecule has 0 atom stereocenters. The smallest absolute Gasteiger partial charge is 0.251 e. The van der Waals surface area contributed by atoms with Crippen molar-refractivity contribution >= 4 is 0 Å². The van der Waals surface area contributed by atoms with E-state index in [1.165, 1.54) is 25.7 Å². The normalized spacial score (nSPS) is 22.7. The summed E-state index contributed by atoms with van der Waals surface area (Å²) in [5.74, 6) is 2.21. The summed E-state index contributed by atoms with van der Waals surface area (Å²) in [5.41, 5.74) is 0.842. The lowest BCUT2D eigenvalue weighted by Gasteiger charge is -2.27. The number of hydrogen-bond donors (Lipinski definition) is 2. The summed E-state index contributed by atoms with van der Waals surface area (Å²) in [5, 5.41) is 3.33. The Labute approximate surface area is 127 Å². The van der Waals surface area contributed by atoms with Gasteiger partial charge in [0.2, 0.25) is 0 Å². The van der Waals surface area contributed by atoms with Gasteiger partial charge in [0.1, 0.15) is 5.82 Å². The van der Waals surface area contributed by atoms with Gasteiger partial charge in [-0.3, -0.25) is 4.79 Å². The van der Waals surface area contributed by atoms with Crippen molar-refractivity contribution in [1.29, 1.82) is 0 Å². The Morgan fingerprint density at radius 1 is 1.33 bits per heavy atom. The maximum atomic E-state index is 11.8. The minimum Gasteiger partial charge on any atom is -0.310 e. The topological polar surface area (TPSA) is 57.8 Å². The average Bonchev–Trinajstić information content (AvgIpc) is 2.46. The van der Waals surface area contributed by atoms with Crippen LogP contribution in [-0.2, 0) is 6.54 Å². The Morgan fingerprint density at radius 2 is 2.05 bits per heavy atom. The van der Waals surface area contributed by atoms with E-state index in [1.54, 1.807) is 6.07 Å². The van der Waals surface area contributed by atoms with E-state index in [9.17, 15) is 4.79 Å². The molecule has 1 aliphatic rings. The monoisotopic (exact) mass is 291 g/mol. The number of H-pyrrole nitrogens is 1. The number of nitrogens with zero attached hydrogens (tertiary/aromatic N) is 1. The molecule has 1 fully saturated rings. The van der Waals surface area contributed by atoms with Gasteiger partial charge in [-0.1, -0.05) is 33.6 Å². The van der Waals surface area contributed by atoms with Crippen LogP contribution in [0.15, 0.2) is 10.9 Å². The van der Waals surface area contributed by atoms with Crippen LogP contribution in [0.5, 0.6) is 0 Å². The first-order valence-corrected chi connectivity index (χ1v) is 8.42. The molecule has 0 radical (unpaired) electrons. The highest BCUT2D eigenvalue weighted by atomic mass is 16.1. The van der Waals surface area contributed by atoms with Crippen molar-refractivity contribution in [3.63, 3.8) is 0 Å². The van der Waals surface area contributed by atoms with E-state index in [2.05, 4.69) is 36.1 Å². The van der Waals surface area contributed by atoms with E-state index in [0.717, 1.165) is 30.3 Å². The van der Waals surface area contributed by atoms with E-state index in [4.69, 9.17) is 0 Å². The summed E-state index contributed by atoms with van der Waals surface area (Å²) in [6.45, 7) is 7.13. The zero-order valence-electron chi connectivity index (χ0n) is 13.6. The number of rotatable bonds is 6. The summed E-state index contributed by atoms with van der Waals surface area (Å²) < 4.78 is 0. The molecule has 1 heterocycles. The minimum absolute atomic E-state index is 0.0174. The molecule has 1 aromatic heterocycles. The Bertz CT molecular complexity index is 487. The van der Waals surface area contributed by atoms with E-state index >= 15 is 0 Å². The van der Waals surface area contributed by atoms with E-state index in [1.807, 2.05) is 0 Å². The molecule has 118 valence electrons. The minimum atomic E-state index is -0.0174. The number of nitrogens with one attached hydrogen (secondary N) is 2. The second-order valence-corrected chi connectivity index (χ2v) is 6.66. The quantitative estimate of drug-likeness (QED) is 0.845. The van der Waals surface area contributed by atoms with Crippen LogP contribution in [-0.4, -0.2) is 16.0 Å². The second-order valence-electron chi connectivity index (χ2n) is 6.66. The Morgan fingerprint density at radius 3 is 2.67 bits per heavy atom. The molecule has 1 aromatic rings. The number of aromatic nitrogens is 2. The van der Waals surface area contributed by atoms with Gasteiger partial charge >= 0.3 is 0 Å². The van der Waals surface area contributed by atoms with Crippen LogP contribution >= 0.6 is 0 Å². The first-order chi connectivity index (χ1) is 10.1. The lowest BCUT2D eigenvalue weighted by molar-refractivity contribution is 0.301. The zero-order valence-corrected chi connectivity index (χ0v) is 13.6. The summed E-state index contributed by atoms with van der Waals surface area (Å²) in [6, 6.07) is 2.01. The molecule has 0 amide bonds. The molecule has 0 saturated heterocycles. The molecule has 0 aromatic carbocycles. The van der Waals surface area contributed by atoms with Gasteiger partial charge in [-0.25, -0.2) is 4.98 Å². The third-order valence-electron chi connectivity index (χ3n) is 4.43. The van der Waals surface area contributed by atoms with Crippen LogP contribution in [0.25, 0.3) is 0 Å². The predicted octanol–water partition coefficient (Wildman–Crippen LogP) is 3.34. The van der Waals surface area contributed by atoms with Crippen LogP contribution in [0.2, 0.25) is 0 Å². The third-order valence-corrected chi connectivity index (χ3v) is 4.43. The van der Waals surface area contributed by atoms with Gasteiger partial charge in [-0.15, -0.1) is 0 Å². The zero-order chi connectivity index (χ0) is 15.2. The van der Waals surface area contributed by atoms with Crippen LogP contribution in [0.4, 0.5) is 0 Å². The fraction of sp³-hybridized carbons (Fsp3) is 0.765. The number of hydrogen-bond acceptors (Lipinski definition) is 3. The molecule has 0 bridgehead atoms. The van der Waals surface area contributed by atoms with Crippen molar-refractivity contribution in [1.82, 2.24) is 15.3 Å². The first-order valence-electron chi connectivity index (χ1n) is 8.42. The van der Waals surface area contributed by atoms with Crippen LogP contribution in [0.3, 0.4) is 0 Å². The SMILES string of the molecule is CCCC1CCC(c2nc(CNC(C)C)cc(=O)[nH]2)CC1. The predicted molar refractivity (Wildman–Crippen MR) is 86.4 cm³/mol. The van der Waals surface area contributed by atoms with Gasteiger partial charge in [0.15, 0.2) is 0 Å². The van der Waals surface area contributed by atoms with Gasteiger partial charge in [-0.05, 0) is 31.6 Å². The van der Waals surface area contributed by atoms with E-state index < -0.39 is 0 Å². The fourth-order valence-corrected chi connectivity index (χ4v) is 3.25. The standard InChI is InChI=1S/C17H29N3O/c1-4-5-13-6-8-14(9-7-13)17-19-15(10-16(21)20-17)11-18-12(2)3/h10,12-14,18H,4-9,11H2,1-3H3,(H,19,20,21). The van der Waals surface area contributed by atoms with Gasteiger partial charge in [-0.2, -0.15) is 0 Å². The van der Waals surface area contributed by atoms with Crippen molar-refractivity contribution in [2.45, 2.75) is 77.8 Å². The molecular formula is C17H29N3O. The molecule has 21 heavy (non-hydrogen) atoms. The van der Waals surface area contributed by atoms with Gasteiger partial charge in [0, 0.05) is 24.6 Å². The summed E-state index contributed by atoms with van der Waals surface area (Å²) in [7, 11) is 0. The Hall–Kier alpha value is -1.16. The second kappa shape index (κ2) is 7.74. The lowest BCUT2D eigenvalue weighted by Crippen LogP contribution is -2.25. The molecule has 0 aliphatic heterocycles. The third kappa shape index (κ3) is 4.95. The van der Waals surface area contributed by atoms with Gasteiger partial charge in [0.05, 0.1) is 5.69 Å². The molecule has 4 heteroatoms. The van der Waals surface area contributed by atoms with Crippen molar-refractivity contribution in [2.24, 2.45) is 5.92 Å². The molecule has 0 unspecified atom stereocenters.